The van der Waals surface area contributed by atoms with Gasteiger partial charge in [-0.2, -0.15) is 0 Å². The van der Waals surface area contributed by atoms with E-state index >= 15 is 0 Å². The highest BCUT2D eigenvalue weighted by Crippen LogP contribution is 2.20. The van der Waals surface area contributed by atoms with Gasteiger partial charge in [0, 0.05) is 25.0 Å². The molecule has 1 saturated heterocycles. The van der Waals surface area contributed by atoms with Gasteiger partial charge in [0.25, 0.3) is 0 Å². The number of hydrogen-bond acceptors (Lipinski definition) is 6. The average molecular weight is 495 g/mol. The number of anilines is 1. The summed E-state index contributed by atoms with van der Waals surface area (Å²) in [6, 6.07) is 13.4. The molecule has 0 saturated carbocycles. The van der Waals surface area contributed by atoms with Crippen molar-refractivity contribution in [1.29, 1.82) is 0 Å². The van der Waals surface area contributed by atoms with Crippen molar-refractivity contribution in [2.45, 2.75) is 58.9 Å². The van der Waals surface area contributed by atoms with Crippen molar-refractivity contribution in [3.63, 3.8) is 0 Å². The number of aromatic nitrogens is 1. The number of carbonyl (C=O) groups excluding carboxylic acids is 2. The summed E-state index contributed by atoms with van der Waals surface area (Å²) in [4.78, 5) is 32.7. The van der Waals surface area contributed by atoms with Gasteiger partial charge in [-0.1, -0.05) is 56.3 Å². The maximum Gasteiger partial charge on any atom is 0.248 e. The molecule has 0 spiro atoms. The highest BCUT2D eigenvalue weighted by atomic mass is 32.1. The summed E-state index contributed by atoms with van der Waals surface area (Å²) in [5.41, 5.74) is 1.84. The fourth-order valence-corrected chi connectivity index (χ4v) is 5.26. The maximum atomic E-state index is 13.0. The predicted octanol–water partition coefficient (Wildman–Crippen LogP) is 4.23. The molecule has 1 aliphatic rings. The molecule has 1 fully saturated rings. The summed E-state index contributed by atoms with van der Waals surface area (Å²) in [6.45, 7) is 10.5. The Balaban J connectivity index is 1.34. The predicted molar refractivity (Wildman–Crippen MR) is 140 cm³/mol. The van der Waals surface area contributed by atoms with Crippen LogP contribution < -0.4 is 10.6 Å². The molecule has 1 aliphatic heterocycles. The number of ether oxygens (including phenoxy) is 1. The number of amides is 2. The van der Waals surface area contributed by atoms with E-state index in [1.165, 1.54) is 11.3 Å². The molecule has 2 amide bonds. The Hall–Kier alpha value is -2.81. The molecule has 2 N–H and O–H groups in total. The molecule has 35 heavy (non-hydrogen) atoms. The molecule has 3 atom stereocenters. The Morgan fingerprint density at radius 2 is 1.83 bits per heavy atom. The van der Waals surface area contributed by atoms with Gasteiger partial charge in [-0.05, 0) is 36.1 Å². The average Bonchev–Trinajstić information content (AvgIpc) is 3.22. The molecule has 1 aromatic heterocycles. The van der Waals surface area contributed by atoms with Crippen LogP contribution >= 0.6 is 11.3 Å². The summed E-state index contributed by atoms with van der Waals surface area (Å²) < 4.78 is 5.80. The van der Waals surface area contributed by atoms with Crippen LogP contribution in [0.25, 0.3) is 10.8 Å². The van der Waals surface area contributed by atoms with Crippen LogP contribution in [0.15, 0.2) is 47.8 Å². The van der Waals surface area contributed by atoms with Crippen LogP contribution in [0.5, 0.6) is 0 Å². The minimum Gasteiger partial charge on any atom is -0.373 e. The molecular formula is C27H34N4O3S. The summed E-state index contributed by atoms with van der Waals surface area (Å²) in [5.74, 6) is -0.489. The molecule has 3 unspecified atom stereocenters. The number of hydrogen-bond donors (Lipinski definition) is 2. The van der Waals surface area contributed by atoms with Crippen LogP contribution in [0.1, 0.15) is 39.0 Å². The topological polar surface area (TPSA) is 83.6 Å². The second-order valence-corrected chi connectivity index (χ2v) is 10.6. The van der Waals surface area contributed by atoms with Gasteiger partial charge in [-0.25, -0.2) is 4.98 Å². The van der Waals surface area contributed by atoms with Gasteiger partial charge in [0.05, 0.1) is 24.3 Å². The van der Waals surface area contributed by atoms with Gasteiger partial charge in [-0.15, -0.1) is 11.3 Å². The number of fused-ring (bicyclic) bond motifs is 1. The SMILES string of the molecule is CC1CN(Cc2csc(NC(=O)C(NC(=O)Cc3ccc4ccccc4c3)C(C)C)n2)CC(C)O1. The Labute approximate surface area is 210 Å². The van der Waals surface area contributed by atoms with Gasteiger partial charge in [-0.3, -0.25) is 14.5 Å². The zero-order valence-corrected chi connectivity index (χ0v) is 21.6. The lowest BCUT2D eigenvalue weighted by Crippen LogP contribution is -2.47. The molecule has 8 heteroatoms. The number of nitrogens with one attached hydrogen (secondary N) is 2. The monoisotopic (exact) mass is 494 g/mol. The number of carbonyl (C=O) groups is 2. The zero-order chi connectivity index (χ0) is 24.9. The molecule has 2 aromatic carbocycles. The lowest BCUT2D eigenvalue weighted by molar-refractivity contribution is -0.127. The largest absolute Gasteiger partial charge is 0.373 e. The minimum absolute atomic E-state index is 0.0636. The van der Waals surface area contributed by atoms with Crippen molar-refractivity contribution in [2.24, 2.45) is 5.92 Å². The van der Waals surface area contributed by atoms with Gasteiger partial charge in [0.2, 0.25) is 11.8 Å². The first-order chi connectivity index (χ1) is 16.8. The van der Waals surface area contributed by atoms with Crippen molar-refractivity contribution < 1.29 is 14.3 Å². The van der Waals surface area contributed by atoms with Crippen LogP contribution in [0.3, 0.4) is 0 Å². The number of thiazole rings is 1. The summed E-state index contributed by atoms with van der Waals surface area (Å²) >= 11 is 1.41. The molecule has 4 rings (SSSR count). The van der Waals surface area contributed by atoms with Crippen LogP contribution in [0.4, 0.5) is 5.13 Å². The first-order valence-corrected chi connectivity index (χ1v) is 13.0. The highest BCUT2D eigenvalue weighted by Gasteiger charge is 2.26. The van der Waals surface area contributed by atoms with Crippen molar-refractivity contribution >= 4 is 39.1 Å². The quantitative estimate of drug-likeness (QED) is 0.490. The lowest BCUT2D eigenvalue weighted by atomic mass is 10.0. The first-order valence-electron chi connectivity index (χ1n) is 12.2. The smallest absolute Gasteiger partial charge is 0.248 e. The van der Waals surface area contributed by atoms with E-state index in [0.29, 0.717) is 5.13 Å². The first kappa shape index (κ1) is 25.3. The van der Waals surface area contributed by atoms with E-state index in [0.717, 1.165) is 41.7 Å². The van der Waals surface area contributed by atoms with Crippen LogP contribution in [0.2, 0.25) is 0 Å². The van der Waals surface area contributed by atoms with E-state index in [1.807, 2.05) is 61.7 Å². The van der Waals surface area contributed by atoms with E-state index in [1.54, 1.807) is 0 Å². The van der Waals surface area contributed by atoms with Crippen molar-refractivity contribution in [2.75, 3.05) is 18.4 Å². The van der Waals surface area contributed by atoms with E-state index < -0.39 is 6.04 Å². The van der Waals surface area contributed by atoms with Crippen molar-refractivity contribution in [1.82, 2.24) is 15.2 Å². The Kier molecular flexibility index (Phi) is 8.15. The molecular weight excluding hydrogens is 460 g/mol. The molecule has 0 radical (unpaired) electrons. The Morgan fingerprint density at radius 3 is 2.54 bits per heavy atom. The normalized spacial score (nSPS) is 19.6. The van der Waals surface area contributed by atoms with Gasteiger partial charge in [0.15, 0.2) is 5.13 Å². The van der Waals surface area contributed by atoms with E-state index in [4.69, 9.17) is 4.74 Å². The van der Waals surface area contributed by atoms with Crippen LogP contribution in [-0.2, 0) is 27.3 Å². The van der Waals surface area contributed by atoms with E-state index in [-0.39, 0.29) is 36.4 Å². The van der Waals surface area contributed by atoms with E-state index in [2.05, 4.69) is 34.4 Å². The minimum atomic E-state index is -0.642. The fraction of sp³-hybridized carbons (Fsp3) is 0.444. The van der Waals surface area contributed by atoms with Crippen LogP contribution in [-0.4, -0.2) is 53.0 Å². The summed E-state index contributed by atoms with van der Waals surface area (Å²) in [6.07, 6.45) is 0.613. The van der Waals surface area contributed by atoms with Crippen molar-refractivity contribution in [3.05, 3.63) is 59.1 Å². The van der Waals surface area contributed by atoms with Crippen LogP contribution in [0, 0.1) is 5.92 Å². The Bertz CT molecular complexity index is 1170. The molecule has 7 nitrogen and oxygen atoms in total. The van der Waals surface area contributed by atoms with Gasteiger partial charge >= 0.3 is 0 Å². The molecule has 0 bridgehead atoms. The third-order valence-corrected chi connectivity index (χ3v) is 6.91. The molecule has 3 aromatic rings. The number of rotatable bonds is 8. The zero-order valence-electron chi connectivity index (χ0n) is 20.8. The van der Waals surface area contributed by atoms with E-state index in [9.17, 15) is 9.59 Å². The number of morpholine rings is 1. The Morgan fingerprint density at radius 1 is 1.11 bits per heavy atom. The second kappa shape index (κ2) is 11.3. The van der Waals surface area contributed by atoms with Gasteiger partial charge in [0.1, 0.15) is 6.04 Å². The standard InChI is InChI=1S/C27H34N4O3S/c1-17(2)25(29-24(32)12-20-9-10-21-7-5-6-8-22(21)11-20)26(33)30-27-28-23(16-35-27)15-31-13-18(3)34-19(4)14-31/h5-11,16-19,25H,12-15H2,1-4H3,(H,29,32)(H,28,30,33). The number of nitrogens with zero attached hydrogens (tertiary/aromatic N) is 2. The summed E-state index contributed by atoms with van der Waals surface area (Å²) in [7, 11) is 0. The van der Waals surface area contributed by atoms with Gasteiger partial charge < -0.3 is 15.4 Å². The maximum absolute atomic E-state index is 13.0. The summed E-state index contributed by atoms with van der Waals surface area (Å²) in [5, 5.41) is 10.6. The third-order valence-electron chi connectivity index (χ3n) is 6.11. The highest BCUT2D eigenvalue weighted by molar-refractivity contribution is 7.13. The molecule has 186 valence electrons. The second-order valence-electron chi connectivity index (χ2n) is 9.73. The molecule has 2 heterocycles. The molecule has 0 aliphatic carbocycles. The fourth-order valence-electron chi connectivity index (χ4n) is 4.56. The number of benzene rings is 2. The third kappa shape index (κ3) is 6.87. The lowest BCUT2D eigenvalue weighted by Gasteiger charge is -2.34. The van der Waals surface area contributed by atoms with Crippen molar-refractivity contribution in [3.8, 4) is 0 Å².